The van der Waals surface area contributed by atoms with Crippen molar-refractivity contribution >= 4 is 35.6 Å². The molecular weight excluding hydrogens is 369 g/mol. The molecule has 0 aliphatic carbocycles. The van der Waals surface area contributed by atoms with E-state index in [9.17, 15) is 14.8 Å². The molecule has 3 rings (SSSR count). The summed E-state index contributed by atoms with van der Waals surface area (Å²) in [5, 5.41) is 39.5. The van der Waals surface area contributed by atoms with E-state index in [1.165, 1.54) is 12.1 Å². The van der Waals surface area contributed by atoms with E-state index < -0.39 is 13.1 Å². The SMILES string of the molecule is Cc1cc(NCc2ccccc2B(O)O)ccc1N=Nc1cccc(C(=O)O)c1. The van der Waals surface area contributed by atoms with Crippen LogP contribution in [0.2, 0.25) is 0 Å². The van der Waals surface area contributed by atoms with E-state index in [4.69, 9.17) is 5.11 Å². The molecule has 0 aliphatic rings. The minimum atomic E-state index is -1.52. The molecule has 0 saturated carbocycles. The Kier molecular flexibility index (Phi) is 6.38. The number of anilines is 1. The van der Waals surface area contributed by atoms with Crippen LogP contribution < -0.4 is 10.8 Å². The molecule has 0 bridgehead atoms. The van der Waals surface area contributed by atoms with Crippen LogP contribution in [0.1, 0.15) is 21.5 Å². The van der Waals surface area contributed by atoms with Gasteiger partial charge in [-0.2, -0.15) is 10.2 Å². The summed E-state index contributed by atoms with van der Waals surface area (Å²) in [6.07, 6.45) is 0. The Hall–Kier alpha value is -3.49. The van der Waals surface area contributed by atoms with Gasteiger partial charge in [0, 0.05) is 12.2 Å². The predicted molar refractivity (Wildman–Crippen MR) is 112 cm³/mol. The lowest BCUT2D eigenvalue weighted by molar-refractivity contribution is 0.0697. The molecule has 0 amide bonds. The van der Waals surface area contributed by atoms with Crippen LogP contribution in [0, 0.1) is 6.92 Å². The molecule has 0 unspecified atom stereocenters. The molecule has 0 saturated heterocycles. The maximum Gasteiger partial charge on any atom is 0.488 e. The average molecular weight is 389 g/mol. The van der Waals surface area contributed by atoms with Gasteiger partial charge in [-0.25, -0.2) is 4.79 Å². The van der Waals surface area contributed by atoms with Gasteiger partial charge in [0.15, 0.2) is 0 Å². The summed E-state index contributed by atoms with van der Waals surface area (Å²) >= 11 is 0. The van der Waals surface area contributed by atoms with Gasteiger partial charge in [-0.15, -0.1) is 0 Å². The maximum atomic E-state index is 11.0. The number of carboxylic acids is 1. The third-order valence-electron chi connectivity index (χ3n) is 4.38. The zero-order chi connectivity index (χ0) is 20.8. The van der Waals surface area contributed by atoms with Gasteiger partial charge in [-0.3, -0.25) is 0 Å². The Labute approximate surface area is 168 Å². The summed E-state index contributed by atoms with van der Waals surface area (Å²) in [6, 6.07) is 19.0. The summed E-state index contributed by atoms with van der Waals surface area (Å²) in [6.45, 7) is 2.34. The molecule has 146 valence electrons. The van der Waals surface area contributed by atoms with Gasteiger partial charge in [-0.1, -0.05) is 30.3 Å². The minimum absolute atomic E-state index is 0.158. The van der Waals surface area contributed by atoms with Crippen LogP contribution in [0.25, 0.3) is 0 Å². The first kappa shape index (κ1) is 20.3. The zero-order valence-corrected chi connectivity index (χ0v) is 15.8. The third kappa shape index (κ3) is 5.28. The molecule has 8 heteroatoms. The summed E-state index contributed by atoms with van der Waals surface area (Å²) in [7, 11) is -1.52. The number of azo groups is 1. The van der Waals surface area contributed by atoms with Crippen molar-refractivity contribution in [3.63, 3.8) is 0 Å². The van der Waals surface area contributed by atoms with Gasteiger partial charge in [0.2, 0.25) is 0 Å². The lowest BCUT2D eigenvalue weighted by Gasteiger charge is -2.12. The molecule has 4 N–H and O–H groups in total. The third-order valence-corrected chi connectivity index (χ3v) is 4.38. The van der Waals surface area contributed by atoms with Crippen LogP contribution in [0.5, 0.6) is 0 Å². The summed E-state index contributed by atoms with van der Waals surface area (Å²) in [5.74, 6) is -1.01. The van der Waals surface area contributed by atoms with Crippen LogP contribution in [0.4, 0.5) is 17.1 Å². The molecule has 0 atom stereocenters. The number of rotatable bonds is 7. The van der Waals surface area contributed by atoms with Gasteiger partial charge < -0.3 is 20.5 Å². The number of nitrogens with one attached hydrogen (secondary N) is 1. The standard InChI is InChI=1S/C21H20BN3O4/c1-14-11-17(23-13-16-5-2-3-8-19(16)22(28)29)9-10-20(14)25-24-18-7-4-6-15(12-18)21(26)27/h2-12,23,28-29H,13H2,1H3,(H,26,27). The first-order valence-electron chi connectivity index (χ1n) is 8.97. The first-order chi connectivity index (χ1) is 13.9. The molecule has 0 radical (unpaired) electrons. The molecule has 7 nitrogen and oxygen atoms in total. The lowest BCUT2D eigenvalue weighted by Crippen LogP contribution is -2.33. The fourth-order valence-corrected chi connectivity index (χ4v) is 2.83. The molecule has 0 aliphatic heterocycles. The van der Waals surface area contributed by atoms with Crippen LogP contribution >= 0.6 is 0 Å². The van der Waals surface area contributed by atoms with Crippen molar-refractivity contribution in [1.29, 1.82) is 0 Å². The number of aryl methyl sites for hydroxylation is 1. The van der Waals surface area contributed by atoms with Gasteiger partial charge in [0.1, 0.15) is 0 Å². The maximum absolute atomic E-state index is 11.0. The average Bonchev–Trinajstić information content (AvgIpc) is 2.72. The quantitative estimate of drug-likeness (QED) is 0.365. The van der Waals surface area contributed by atoms with E-state index in [0.717, 1.165) is 16.8 Å². The van der Waals surface area contributed by atoms with Gasteiger partial charge in [-0.05, 0) is 59.9 Å². The van der Waals surface area contributed by atoms with Crippen LogP contribution in [-0.2, 0) is 6.54 Å². The van der Waals surface area contributed by atoms with Crippen molar-refractivity contribution in [1.82, 2.24) is 0 Å². The number of hydrogen-bond donors (Lipinski definition) is 4. The molecule has 0 spiro atoms. The van der Waals surface area contributed by atoms with Crippen molar-refractivity contribution in [2.45, 2.75) is 13.5 Å². The number of carbonyl (C=O) groups is 1. The monoisotopic (exact) mass is 389 g/mol. The Bertz CT molecular complexity index is 1050. The highest BCUT2D eigenvalue weighted by Gasteiger charge is 2.14. The number of hydrogen-bond acceptors (Lipinski definition) is 6. The number of nitrogens with zero attached hydrogens (tertiary/aromatic N) is 2. The molecule has 0 fully saturated rings. The summed E-state index contributed by atoms with van der Waals surface area (Å²) in [5.41, 5.74) is 4.30. The summed E-state index contributed by atoms with van der Waals surface area (Å²) in [4.78, 5) is 11.0. The topological polar surface area (TPSA) is 115 Å². The molecular formula is C21H20BN3O4. The predicted octanol–water partition coefficient (Wildman–Crippen LogP) is 3.40. The van der Waals surface area contributed by atoms with Crippen molar-refractivity contribution < 1.29 is 19.9 Å². The second kappa shape index (κ2) is 9.14. The van der Waals surface area contributed by atoms with Gasteiger partial charge in [0.25, 0.3) is 0 Å². The van der Waals surface area contributed by atoms with Crippen LogP contribution in [-0.4, -0.2) is 28.2 Å². The van der Waals surface area contributed by atoms with E-state index in [2.05, 4.69) is 15.5 Å². The minimum Gasteiger partial charge on any atom is -0.478 e. The second-order valence-electron chi connectivity index (χ2n) is 6.48. The van der Waals surface area contributed by atoms with Crippen molar-refractivity contribution in [2.24, 2.45) is 10.2 Å². The highest BCUT2D eigenvalue weighted by Crippen LogP contribution is 2.25. The van der Waals surface area contributed by atoms with Crippen molar-refractivity contribution in [3.05, 3.63) is 83.4 Å². The zero-order valence-electron chi connectivity index (χ0n) is 15.8. The number of carboxylic acid groups (broad SMARTS) is 1. The smallest absolute Gasteiger partial charge is 0.478 e. The molecule has 3 aromatic carbocycles. The lowest BCUT2D eigenvalue weighted by atomic mass is 9.77. The van der Waals surface area contributed by atoms with E-state index in [1.54, 1.807) is 24.3 Å². The normalized spacial score (nSPS) is 10.9. The number of aromatic carboxylic acids is 1. The largest absolute Gasteiger partial charge is 0.488 e. The van der Waals surface area contributed by atoms with E-state index in [0.29, 0.717) is 23.4 Å². The summed E-state index contributed by atoms with van der Waals surface area (Å²) < 4.78 is 0. The van der Waals surface area contributed by atoms with Gasteiger partial charge in [0.05, 0.1) is 16.9 Å². The molecule has 0 aromatic heterocycles. The van der Waals surface area contributed by atoms with E-state index >= 15 is 0 Å². The van der Waals surface area contributed by atoms with Gasteiger partial charge >= 0.3 is 13.1 Å². The van der Waals surface area contributed by atoms with Crippen LogP contribution in [0.3, 0.4) is 0 Å². The van der Waals surface area contributed by atoms with E-state index in [-0.39, 0.29) is 5.56 Å². The van der Waals surface area contributed by atoms with Crippen molar-refractivity contribution in [2.75, 3.05) is 5.32 Å². The first-order valence-corrected chi connectivity index (χ1v) is 8.97. The fraction of sp³-hybridized carbons (Fsp3) is 0.0952. The van der Waals surface area contributed by atoms with Crippen molar-refractivity contribution in [3.8, 4) is 0 Å². The Morgan fingerprint density at radius 3 is 2.52 bits per heavy atom. The van der Waals surface area contributed by atoms with E-state index in [1.807, 2.05) is 37.3 Å². The fourth-order valence-electron chi connectivity index (χ4n) is 2.83. The molecule has 3 aromatic rings. The Balaban J connectivity index is 1.71. The molecule has 29 heavy (non-hydrogen) atoms. The molecule has 0 heterocycles. The number of benzene rings is 3. The Morgan fingerprint density at radius 1 is 1.00 bits per heavy atom. The highest BCUT2D eigenvalue weighted by molar-refractivity contribution is 6.59. The highest BCUT2D eigenvalue weighted by atomic mass is 16.4. The Morgan fingerprint density at radius 2 is 1.79 bits per heavy atom. The second-order valence-corrected chi connectivity index (χ2v) is 6.48. The van der Waals surface area contributed by atoms with Crippen LogP contribution in [0.15, 0.2) is 77.0 Å².